The third kappa shape index (κ3) is 2.62. The predicted octanol–water partition coefficient (Wildman–Crippen LogP) is 1.56. The number of aromatic amines is 1. The van der Waals surface area contributed by atoms with Gasteiger partial charge in [0.1, 0.15) is 17.6 Å². The van der Waals surface area contributed by atoms with Crippen molar-refractivity contribution in [2.45, 2.75) is 0 Å². The molecule has 0 spiro atoms. The zero-order valence-corrected chi connectivity index (χ0v) is 15.7. The summed E-state index contributed by atoms with van der Waals surface area (Å²) in [5.74, 6) is -0.0495. The number of nitrogens with two attached hydrogens (primary N) is 1. The number of imidazole rings is 2. The number of hydrogen-bond acceptors (Lipinski definition) is 6. The summed E-state index contributed by atoms with van der Waals surface area (Å²) in [4.78, 5) is 40.7. The van der Waals surface area contributed by atoms with Crippen molar-refractivity contribution >= 4 is 28.1 Å². The molecule has 0 unspecified atom stereocenters. The molecular weight excluding hydrogens is 386 g/mol. The van der Waals surface area contributed by atoms with Crippen LogP contribution < -0.4 is 16.2 Å². The topological polar surface area (TPSA) is 134 Å². The first-order valence-corrected chi connectivity index (χ1v) is 8.96. The molecule has 0 fully saturated rings. The number of H-pyrrole nitrogens is 1. The fraction of sp³-hybridized carbons (Fsp3) is 0.0500. The quantitative estimate of drug-likeness (QED) is 0.469. The maximum atomic E-state index is 12.8. The molecule has 0 aliphatic carbocycles. The highest BCUT2D eigenvalue weighted by atomic mass is 16.5. The molecule has 0 radical (unpaired) electrons. The molecule has 30 heavy (non-hydrogen) atoms. The zero-order chi connectivity index (χ0) is 20.8. The Kier molecular flexibility index (Phi) is 3.85. The van der Waals surface area contributed by atoms with Gasteiger partial charge in [-0.3, -0.25) is 9.36 Å². The molecule has 2 aromatic carbocycles. The number of carbonyl (C=O) groups excluding carboxylic acids is 1. The van der Waals surface area contributed by atoms with Gasteiger partial charge >= 0.3 is 5.69 Å². The number of nitrogens with zero attached hydrogens (tertiary/aromatic N) is 5. The number of rotatable bonds is 4. The van der Waals surface area contributed by atoms with E-state index in [-0.39, 0.29) is 22.8 Å². The second kappa shape index (κ2) is 6.55. The first-order valence-electron chi connectivity index (χ1n) is 8.96. The Bertz CT molecular complexity index is 1500. The molecular formula is C20H15N7O3. The van der Waals surface area contributed by atoms with E-state index in [0.717, 1.165) is 11.0 Å². The minimum atomic E-state index is -0.785. The molecule has 0 saturated carbocycles. The van der Waals surface area contributed by atoms with Crippen LogP contribution in [0.1, 0.15) is 10.5 Å². The van der Waals surface area contributed by atoms with Crippen LogP contribution in [0.2, 0.25) is 0 Å². The van der Waals surface area contributed by atoms with Gasteiger partial charge < -0.3 is 15.5 Å². The summed E-state index contributed by atoms with van der Waals surface area (Å²) >= 11 is 0. The SMILES string of the molecule is COc1cccc(-n2c(=O)[nH]c3c(C(N)=O)nc(-n4cnc5ccccc54)nc32)c1. The van der Waals surface area contributed by atoms with Crippen LogP contribution in [0.5, 0.6) is 5.75 Å². The highest BCUT2D eigenvalue weighted by Gasteiger charge is 2.21. The predicted molar refractivity (Wildman–Crippen MR) is 109 cm³/mol. The molecule has 3 N–H and O–H groups in total. The van der Waals surface area contributed by atoms with Gasteiger partial charge in [0.25, 0.3) is 5.91 Å². The lowest BCUT2D eigenvalue weighted by Crippen LogP contribution is -2.16. The molecule has 10 heteroatoms. The fourth-order valence-corrected chi connectivity index (χ4v) is 3.37. The largest absolute Gasteiger partial charge is 0.497 e. The van der Waals surface area contributed by atoms with E-state index in [9.17, 15) is 9.59 Å². The van der Waals surface area contributed by atoms with Crippen LogP contribution in [0.3, 0.4) is 0 Å². The number of primary amides is 1. The van der Waals surface area contributed by atoms with Gasteiger partial charge in [0, 0.05) is 6.07 Å². The molecule has 5 aromatic rings. The summed E-state index contributed by atoms with van der Waals surface area (Å²) < 4.78 is 8.23. The van der Waals surface area contributed by atoms with E-state index in [1.165, 1.54) is 11.7 Å². The van der Waals surface area contributed by atoms with E-state index in [1.54, 1.807) is 35.2 Å². The summed E-state index contributed by atoms with van der Waals surface area (Å²) in [6, 6.07) is 14.4. The highest BCUT2D eigenvalue weighted by molar-refractivity contribution is 6.01. The van der Waals surface area contributed by atoms with Gasteiger partial charge in [-0.05, 0) is 24.3 Å². The first-order chi connectivity index (χ1) is 14.6. The molecule has 3 aromatic heterocycles. The molecule has 0 bridgehead atoms. The number of ether oxygens (including phenoxy) is 1. The molecule has 1 amide bonds. The first kappa shape index (κ1) is 17.6. The minimum absolute atomic E-state index is 0.0912. The normalized spacial score (nSPS) is 11.2. The van der Waals surface area contributed by atoms with Crippen molar-refractivity contribution < 1.29 is 9.53 Å². The number of methoxy groups -OCH3 is 1. The zero-order valence-electron chi connectivity index (χ0n) is 15.7. The van der Waals surface area contributed by atoms with Crippen molar-refractivity contribution in [3.63, 3.8) is 0 Å². The summed E-state index contributed by atoms with van der Waals surface area (Å²) in [5.41, 5.74) is 7.35. The second-order valence-corrected chi connectivity index (χ2v) is 6.51. The van der Waals surface area contributed by atoms with Crippen molar-refractivity contribution in [2.24, 2.45) is 5.73 Å². The van der Waals surface area contributed by atoms with Gasteiger partial charge in [-0.15, -0.1) is 0 Å². The van der Waals surface area contributed by atoms with E-state index >= 15 is 0 Å². The standard InChI is InChI=1S/C20H15N7O3/c1-30-12-6-4-5-11(9-12)27-18-16(24-20(27)29)15(17(21)28)23-19(25-18)26-10-22-13-7-2-3-8-14(13)26/h2-10H,1H3,(H2,21,28)(H,24,29). The maximum Gasteiger partial charge on any atom is 0.332 e. The number of fused-ring (bicyclic) bond motifs is 2. The summed E-state index contributed by atoms with van der Waals surface area (Å²) in [6.07, 6.45) is 1.55. The van der Waals surface area contributed by atoms with Crippen molar-refractivity contribution in [3.8, 4) is 17.4 Å². The Morgan fingerprint density at radius 3 is 2.77 bits per heavy atom. The van der Waals surface area contributed by atoms with Gasteiger partial charge in [-0.2, -0.15) is 4.98 Å². The monoisotopic (exact) mass is 401 g/mol. The smallest absolute Gasteiger partial charge is 0.332 e. The third-order valence-electron chi connectivity index (χ3n) is 4.74. The van der Waals surface area contributed by atoms with Crippen LogP contribution in [-0.4, -0.2) is 42.1 Å². The number of amides is 1. The molecule has 3 heterocycles. The molecule has 10 nitrogen and oxygen atoms in total. The van der Waals surface area contributed by atoms with Gasteiger partial charge in [0.05, 0.1) is 23.8 Å². The van der Waals surface area contributed by atoms with Crippen LogP contribution >= 0.6 is 0 Å². The number of para-hydroxylation sites is 2. The van der Waals surface area contributed by atoms with Gasteiger partial charge in [0.2, 0.25) is 5.95 Å². The van der Waals surface area contributed by atoms with E-state index in [2.05, 4.69) is 19.9 Å². The average molecular weight is 401 g/mol. The van der Waals surface area contributed by atoms with Gasteiger partial charge in [0.15, 0.2) is 11.3 Å². The maximum absolute atomic E-state index is 12.8. The molecule has 5 rings (SSSR count). The van der Waals surface area contributed by atoms with Crippen molar-refractivity contribution in [1.29, 1.82) is 0 Å². The fourth-order valence-electron chi connectivity index (χ4n) is 3.37. The van der Waals surface area contributed by atoms with E-state index in [1.807, 2.05) is 24.3 Å². The number of carbonyl (C=O) groups is 1. The van der Waals surface area contributed by atoms with Gasteiger partial charge in [-0.25, -0.2) is 19.3 Å². The summed E-state index contributed by atoms with van der Waals surface area (Å²) in [7, 11) is 1.53. The number of nitrogens with one attached hydrogen (secondary N) is 1. The van der Waals surface area contributed by atoms with E-state index in [0.29, 0.717) is 11.4 Å². The molecule has 148 valence electrons. The van der Waals surface area contributed by atoms with Crippen molar-refractivity contribution in [1.82, 2.24) is 29.1 Å². The molecule has 0 aliphatic rings. The highest BCUT2D eigenvalue weighted by Crippen LogP contribution is 2.22. The Labute approximate surface area is 168 Å². The Balaban J connectivity index is 1.84. The van der Waals surface area contributed by atoms with Crippen LogP contribution in [0.25, 0.3) is 33.8 Å². The lowest BCUT2D eigenvalue weighted by atomic mass is 10.3. The molecule has 0 saturated heterocycles. The Hall–Kier alpha value is -4.47. The molecule has 0 atom stereocenters. The average Bonchev–Trinajstić information content (AvgIpc) is 3.33. The Morgan fingerprint density at radius 2 is 1.97 bits per heavy atom. The number of hydrogen-bond donors (Lipinski definition) is 2. The van der Waals surface area contributed by atoms with E-state index < -0.39 is 11.6 Å². The number of benzene rings is 2. The van der Waals surface area contributed by atoms with Crippen LogP contribution in [0, 0.1) is 0 Å². The van der Waals surface area contributed by atoms with Crippen molar-refractivity contribution in [3.05, 3.63) is 71.0 Å². The van der Waals surface area contributed by atoms with E-state index in [4.69, 9.17) is 10.5 Å². The second-order valence-electron chi connectivity index (χ2n) is 6.51. The Morgan fingerprint density at radius 1 is 1.13 bits per heavy atom. The van der Waals surface area contributed by atoms with Crippen molar-refractivity contribution in [2.75, 3.05) is 7.11 Å². The lowest BCUT2D eigenvalue weighted by Gasteiger charge is -2.08. The van der Waals surface area contributed by atoms with Crippen LogP contribution in [-0.2, 0) is 0 Å². The minimum Gasteiger partial charge on any atom is -0.497 e. The van der Waals surface area contributed by atoms with Crippen LogP contribution in [0.4, 0.5) is 0 Å². The van der Waals surface area contributed by atoms with Gasteiger partial charge in [-0.1, -0.05) is 18.2 Å². The lowest BCUT2D eigenvalue weighted by molar-refractivity contribution is 0.0997. The van der Waals surface area contributed by atoms with Crippen LogP contribution in [0.15, 0.2) is 59.7 Å². The summed E-state index contributed by atoms with van der Waals surface area (Å²) in [5, 5.41) is 0. The molecule has 0 aliphatic heterocycles. The summed E-state index contributed by atoms with van der Waals surface area (Å²) in [6.45, 7) is 0. The third-order valence-corrected chi connectivity index (χ3v) is 4.74. The number of aromatic nitrogens is 6.